The lowest BCUT2D eigenvalue weighted by Crippen LogP contribution is -2.52. The van der Waals surface area contributed by atoms with Gasteiger partial charge in [0.25, 0.3) is 11.5 Å². The van der Waals surface area contributed by atoms with Crippen molar-refractivity contribution in [2.24, 2.45) is 5.73 Å². The van der Waals surface area contributed by atoms with Gasteiger partial charge in [0.1, 0.15) is 18.2 Å². The number of carbonyl (C=O) groups is 3. The van der Waals surface area contributed by atoms with Crippen LogP contribution in [0.2, 0.25) is 0 Å². The summed E-state index contributed by atoms with van der Waals surface area (Å²) in [5.74, 6) is -0.224. The molecule has 41 heavy (non-hydrogen) atoms. The molecular formula is C30H30N6O4S. The lowest BCUT2D eigenvalue weighted by atomic mass is 9.87. The summed E-state index contributed by atoms with van der Waals surface area (Å²) in [7, 11) is 0. The first-order valence-electron chi connectivity index (χ1n) is 13.7. The number of carbonyl (C=O) groups excluding carboxylic acids is 3. The molecule has 10 nitrogen and oxygen atoms in total. The average molecular weight is 571 g/mol. The maximum Gasteiger partial charge on any atom is 0.266 e. The fourth-order valence-corrected chi connectivity index (χ4v) is 6.27. The van der Waals surface area contributed by atoms with Gasteiger partial charge in [-0.15, -0.1) is 0 Å². The zero-order valence-electron chi connectivity index (χ0n) is 22.4. The SMILES string of the molecule is N/C(=C\C=S)n1cnc2ccc(CN3CCC(c4ccc5c(c4)CN(C4CCC(=O)NC4=O)C5=O)CC3)cc2c1=O. The second-order valence-electron chi connectivity index (χ2n) is 10.9. The number of nitrogens with one attached hydrogen (secondary N) is 1. The molecule has 2 saturated heterocycles. The van der Waals surface area contributed by atoms with Crippen molar-refractivity contribution in [3.63, 3.8) is 0 Å². The Hall–Kier alpha value is -4.22. The maximum atomic E-state index is 13.0. The molecule has 1 atom stereocenters. The number of hydrogen-bond acceptors (Lipinski definition) is 8. The summed E-state index contributed by atoms with van der Waals surface area (Å²) in [4.78, 5) is 58.3. The maximum absolute atomic E-state index is 13.0. The number of fused-ring (bicyclic) bond motifs is 2. The Morgan fingerprint density at radius 1 is 1.07 bits per heavy atom. The molecule has 3 aliphatic heterocycles. The van der Waals surface area contributed by atoms with Crippen molar-refractivity contribution >= 4 is 52.0 Å². The molecule has 0 radical (unpaired) electrons. The Labute approximate surface area is 241 Å². The van der Waals surface area contributed by atoms with E-state index < -0.39 is 11.9 Å². The van der Waals surface area contributed by atoms with Gasteiger partial charge in [-0.25, -0.2) is 4.98 Å². The van der Waals surface area contributed by atoms with Crippen LogP contribution in [0.25, 0.3) is 16.7 Å². The first kappa shape index (κ1) is 27.0. The topological polar surface area (TPSA) is 131 Å². The first-order chi connectivity index (χ1) is 19.8. The lowest BCUT2D eigenvalue weighted by Gasteiger charge is -2.32. The normalized spacial score (nSPS) is 20.4. The highest BCUT2D eigenvalue weighted by molar-refractivity contribution is 7.79. The number of benzene rings is 2. The summed E-state index contributed by atoms with van der Waals surface area (Å²) in [6, 6.07) is 11.2. The van der Waals surface area contributed by atoms with Crippen LogP contribution in [-0.4, -0.2) is 61.6 Å². The second kappa shape index (κ2) is 11.0. The molecule has 3 N–H and O–H groups in total. The predicted molar refractivity (Wildman–Crippen MR) is 158 cm³/mol. The number of rotatable bonds is 6. The van der Waals surface area contributed by atoms with Crippen molar-refractivity contribution in [2.45, 2.75) is 50.7 Å². The van der Waals surface area contributed by atoms with E-state index in [0.717, 1.165) is 43.6 Å². The molecule has 3 aliphatic rings. The Bertz CT molecular complexity index is 1670. The highest BCUT2D eigenvalue weighted by atomic mass is 32.1. The van der Waals surface area contributed by atoms with E-state index >= 15 is 0 Å². The molecule has 3 amide bonds. The van der Waals surface area contributed by atoms with Crippen LogP contribution in [-0.2, 0) is 22.7 Å². The highest BCUT2D eigenvalue weighted by Gasteiger charge is 2.39. The lowest BCUT2D eigenvalue weighted by molar-refractivity contribution is -0.136. The van der Waals surface area contributed by atoms with Crippen molar-refractivity contribution in [3.8, 4) is 0 Å². The summed E-state index contributed by atoms with van der Waals surface area (Å²) in [5, 5.41) is 4.23. The van der Waals surface area contributed by atoms with Gasteiger partial charge in [-0.2, -0.15) is 0 Å². The number of likely N-dealkylation sites (tertiary alicyclic amines) is 1. The van der Waals surface area contributed by atoms with E-state index in [9.17, 15) is 19.2 Å². The molecule has 210 valence electrons. The minimum atomic E-state index is -0.604. The zero-order chi connectivity index (χ0) is 28.7. The number of aromatic nitrogens is 2. The number of thiocarbonyl (C=S) groups is 1. The van der Waals surface area contributed by atoms with Gasteiger partial charge in [0.05, 0.1) is 10.9 Å². The van der Waals surface area contributed by atoms with Crippen LogP contribution in [0.4, 0.5) is 0 Å². The molecule has 1 aromatic heterocycles. The van der Waals surface area contributed by atoms with Crippen LogP contribution in [0.1, 0.15) is 58.6 Å². The van der Waals surface area contributed by atoms with Gasteiger partial charge in [-0.05, 0) is 79.2 Å². The smallest absolute Gasteiger partial charge is 0.266 e. The van der Waals surface area contributed by atoms with Crippen LogP contribution >= 0.6 is 12.2 Å². The molecule has 6 rings (SSSR count). The molecule has 11 heteroatoms. The van der Waals surface area contributed by atoms with Gasteiger partial charge in [0.15, 0.2) is 0 Å². The van der Waals surface area contributed by atoms with Crippen LogP contribution in [0.3, 0.4) is 0 Å². The van der Waals surface area contributed by atoms with E-state index in [2.05, 4.69) is 21.3 Å². The van der Waals surface area contributed by atoms with Crippen molar-refractivity contribution in [1.29, 1.82) is 0 Å². The zero-order valence-corrected chi connectivity index (χ0v) is 23.2. The van der Waals surface area contributed by atoms with Crippen LogP contribution in [0, 0.1) is 0 Å². The van der Waals surface area contributed by atoms with Gasteiger partial charge in [-0.1, -0.05) is 30.4 Å². The van der Waals surface area contributed by atoms with E-state index in [1.807, 2.05) is 30.3 Å². The number of allylic oxidation sites excluding steroid dienone is 1. The third-order valence-corrected chi connectivity index (χ3v) is 8.49. The third kappa shape index (κ3) is 5.18. The number of imide groups is 1. The molecule has 0 saturated carbocycles. The van der Waals surface area contributed by atoms with Gasteiger partial charge >= 0.3 is 0 Å². The molecule has 4 heterocycles. The summed E-state index contributed by atoms with van der Waals surface area (Å²) < 4.78 is 1.30. The average Bonchev–Trinajstić information content (AvgIpc) is 3.29. The fourth-order valence-electron chi connectivity index (χ4n) is 6.13. The van der Waals surface area contributed by atoms with E-state index in [4.69, 9.17) is 18.0 Å². The first-order valence-corrected chi connectivity index (χ1v) is 14.2. The van der Waals surface area contributed by atoms with Crippen LogP contribution in [0.15, 0.2) is 53.6 Å². The van der Waals surface area contributed by atoms with Crippen molar-refractivity contribution in [3.05, 3.63) is 81.4 Å². The monoisotopic (exact) mass is 570 g/mol. The summed E-state index contributed by atoms with van der Waals surface area (Å²) in [5.41, 5.74) is 10.2. The number of amides is 3. The predicted octanol–water partition coefficient (Wildman–Crippen LogP) is 2.29. The fraction of sp³-hybridized carbons (Fsp3) is 0.333. The highest BCUT2D eigenvalue weighted by Crippen LogP contribution is 2.34. The van der Waals surface area contributed by atoms with Crippen molar-refractivity contribution < 1.29 is 14.4 Å². The Kier molecular flexibility index (Phi) is 7.22. The standard InChI is InChI=1S/C30H30N6O4S/c31-26(9-12-41)36-17-32-24-4-1-18(13-23(24)30(36)40)15-34-10-7-19(8-11-34)20-2-3-22-21(14-20)16-35(29(22)39)25-5-6-27(37)33-28(25)38/h1-4,9,12-14,17,19,25H,5-8,10-11,15-16,31H2,(H,33,37,38)/b26-9+. The van der Waals surface area contributed by atoms with Gasteiger partial charge in [0.2, 0.25) is 11.8 Å². The molecule has 2 aromatic carbocycles. The molecular weight excluding hydrogens is 540 g/mol. The van der Waals surface area contributed by atoms with Crippen LogP contribution in [0.5, 0.6) is 0 Å². The van der Waals surface area contributed by atoms with Gasteiger partial charge in [-0.3, -0.25) is 34.0 Å². The Morgan fingerprint density at radius 3 is 2.63 bits per heavy atom. The van der Waals surface area contributed by atoms with E-state index in [-0.39, 0.29) is 29.6 Å². The molecule has 2 fully saturated rings. The number of hydrogen-bond donors (Lipinski definition) is 2. The van der Waals surface area contributed by atoms with Crippen LogP contribution < -0.4 is 16.6 Å². The molecule has 1 unspecified atom stereocenters. The molecule has 0 bridgehead atoms. The minimum Gasteiger partial charge on any atom is -0.385 e. The van der Waals surface area contributed by atoms with Crippen molar-refractivity contribution in [1.82, 2.24) is 24.7 Å². The van der Waals surface area contributed by atoms with E-state index in [0.29, 0.717) is 35.3 Å². The van der Waals surface area contributed by atoms with E-state index in [1.165, 1.54) is 27.9 Å². The Morgan fingerprint density at radius 2 is 1.88 bits per heavy atom. The summed E-state index contributed by atoms with van der Waals surface area (Å²) in [6.45, 7) is 2.92. The number of piperidine rings is 2. The number of nitrogens with zero attached hydrogens (tertiary/aromatic N) is 4. The Balaban J connectivity index is 1.11. The molecule has 3 aromatic rings. The van der Waals surface area contributed by atoms with Crippen molar-refractivity contribution in [2.75, 3.05) is 13.1 Å². The van der Waals surface area contributed by atoms with Gasteiger partial charge < -0.3 is 10.6 Å². The molecule has 0 aliphatic carbocycles. The minimum absolute atomic E-state index is 0.148. The molecule has 0 spiro atoms. The number of nitrogens with two attached hydrogens (primary N) is 1. The van der Waals surface area contributed by atoms with E-state index in [1.54, 1.807) is 4.90 Å². The second-order valence-corrected chi connectivity index (χ2v) is 11.1. The van der Waals surface area contributed by atoms with Gasteiger partial charge in [0, 0.05) is 30.4 Å². The summed E-state index contributed by atoms with van der Waals surface area (Å²) in [6.07, 6.45) is 5.47. The largest absolute Gasteiger partial charge is 0.385 e. The third-order valence-electron chi connectivity index (χ3n) is 8.35. The summed E-state index contributed by atoms with van der Waals surface area (Å²) >= 11 is 4.82. The quantitative estimate of drug-likeness (QED) is 0.262.